The molecule has 2 unspecified atom stereocenters. The Morgan fingerprint density at radius 2 is 1.83 bits per heavy atom. The smallest absolute Gasteiger partial charge is 0.269 e. The first kappa shape index (κ1) is 14.6. The lowest BCUT2D eigenvalue weighted by Gasteiger charge is -2.23. The van der Waals surface area contributed by atoms with Gasteiger partial charge in [-0.05, 0) is 42.2 Å². The molecule has 2 bridgehead atoms. The van der Waals surface area contributed by atoms with Crippen molar-refractivity contribution < 1.29 is 9.72 Å². The van der Waals surface area contributed by atoms with Gasteiger partial charge in [0.05, 0.1) is 11.0 Å². The monoisotopic (exact) mass is 320 g/mol. The van der Waals surface area contributed by atoms with Crippen LogP contribution in [-0.2, 0) is 4.79 Å². The van der Waals surface area contributed by atoms with E-state index in [9.17, 15) is 14.9 Å². The summed E-state index contributed by atoms with van der Waals surface area (Å²) >= 11 is 0. The Bertz CT molecular complexity index is 855. The number of non-ortho nitro benzene ring substituents is 1. The molecule has 0 amide bonds. The van der Waals surface area contributed by atoms with Crippen molar-refractivity contribution in [3.63, 3.8) is 0 Å². The molecule has 2 aromatic carbocycles. The molecule has 2 atom stereocenters. The van der Waals surface area contributed by atoms with Crippen molar-refractivity contribution in [1.29, 1.82) is 0 Å². The van der Waals surface area contributed by atoms with Crippen LogP contribution < -0.4 is 5.32 Å². The molecule has 4 rings (SSSR count). The molecule has 5 nitrogen and oxygen atoms in total. The number of nitrogens with zero attached hydrogens (tertiary/aromatic N) is 1. The first-order chi connectivity index (χ1) is 11.6. The van der Waals surface area contributed by atoms with Crippen LogP contribution in [0.5, 0.6) is 0 Å². The molecule has 1 N–H and O–H groups in total. The van der Waals surface area contributed by atoms with Crippen molar-refractivity contribution in [2.45, 2.75) is 24.8 Å². The van der Waals surface area contributed by atoms with Gasteiger partial charge in [-0.1, -0.05) is 24.3 Å². The third-order valence-corrected chi connectivity index (χ3v) is 4.80. The van der Waals surface area contributed by atoms with Gasteiger partial charge < -0.3 is 5.32 Å². The quantitative estimate of drug-likeness (QED) is 0.667. The number of anilines is 1. The lowest BCUT2D eigenvalue weighted by Crippen LogP contribution is -2.22. The van der Waals surface area contributed by atoms with Crippen LogP contribution in [0.3, 0.4) is 0 Å². The summed E-state index contributed by atoms with van der Waals surface area (Å²) < 4.78 is 0. The van der Waals surface area contributed by atoms with Crippen LogP contribution in [0.15, 0.2) is 60.2 Å². The van der Waals surface area contributed by atoms with E-state index < -0.39 is 4.92 Å². The standard InChI is InChI=1S/C19H16N2O3/c22-19-15-5-3-6-16(19)18(20-17-7-2-1-4-14(15)17)12-8-10-13(11-9-12)21(23)24/h1-2,4,6-11,15,18,20H,3,5H2. The molecule has 0 radical (unpaired) electrons. The number of fused-ring (bicyclic) bond motifs is 4. The minimum absolute atomic E-state index is 0.0506. The Kier molecular flexibility index (Phi) is 3.41. The molecule has 0 spiro atoms. The summed E-state index contributed by atoms with van der Waals surface area (Å²) in [5, 5.41) is 14.3. The number of hydrogen-bond donors (Lipinski definition) is 1. The zero-order chi connectivity index (χ0) is 16.7. The maximum atomic E-state index is 12.9. The Morgan fingerprint density at radius 3 is 2.58 bits per heavy atom. The zero-order valence-electron chi connectivity index (χ0n) is 12.9. The molecule has 1 heterocycles. The predicted molar refractivity (Wildman–Crippen MR) is 91.0 cm³/mol. The van der Waals surface area contributed by atoms with Crippen LogP contribution in [0.25, 0.3) is 0 Å². The second-order valence-corrected chi connectivity index (χ2v) is 6.17. The van der Waals surface area contributed by atoms with E-state index in [1.165, 1.54) is 12.1 Å². The number of Topliss-reactive ketones (excluding diaryl/α,β-unsaturated/α-hetero) is 1. The lowest BCUT2D eigenvalue weighted by atomic mass is 9.80. The third kappa shape index (κ3) is 2.29. The van der Waals surface area contributed by atoms with Crippen molar-refractivity contribution >= 4 is 17.2 Å². The summed E-state index contributed by atoms with van der Waals surface area (Å²) in [5.41, 5.74) is 3.67. The number of carbonyl (C=O) groups is 1. The van der Waals surface area contributed by atoms with Gasteiger partial charge in [-0.3, -0.25) is 14.9 Å². The summed E-state index contributed by atoms with van der Waals surface area (Å²) in [6, 6.07) is 14.0. The second kappa shape index (κ2) is 5.60. The first-order valence-electron chi connectivity index (χ1n) is 7.99. The molecular formula is C19H16N2O3. The average molecular weight is 320 g/mol. The SMILES string of the molecule is O=C1C2=CCCC1c1ccccc1NC2c1ccc([N+](=O)[O-])cc1. The van der Waals surface area contributed by atoms with E-state index in [0.29, 0.717) is 0 Å². The molecule has 0 saturated carbocycles. The molecule has 120 valence electrons. The van der Waals surface area contributed by atoms with Gasteiger partial charge in [-0.25, -0.2) is 0 Å². The molecule has 0 saturated heterocycles. The highest BCUT2D eigenvalue weighted by Crippen LogP contribution is 2.43. The summed E-state index contributed by atoms with van der Waals surface area (Å²) in [4.78, 5) is 23.4. The van der Waals surface area contributed by atoms with Crippen molar-refractivity contribution in [3.05, 3.63) is 81.4 Å². The molecule has 0 fully saturated rings. The Morgan fingerprint density at radius 1 is 1.08 bits per heavy atom. The molecule has 1 aliphatic heterocycles. The summed E-state index contributed by atoms with van der Waals surface area (Å²) in [7, 11) is 0. The van der Waals surface area contributed by atoms with Crippen LogP contribution in [-0.4, -0.2) is 10.7 Å². The van der Waals surface area contributed by atoms with E-state index in [4.69, 9.17) is 0 Å². The molecule has 0 aromatic heterocycles. The fourth-order valence-corrected chi connectivity index (χ4v) is 3.61. The fourth-order valence-electron chi connectivity index (χ4n) is 3.61. The van der Waals surface area contributed by atoms with Crippen molar-refractivity contribution in [3.8, 4) is 0 Å². The number of benzene rings is 2. The summed E-state index contributed by atoms with van der Waals surface area (Å²) in [5.74, 6) is 0.0544. The lowest BCUT2D eigenvalue weighted by molar-refractivity contribution is -0.384. The van der Waals surface area contributed by atoms with Crippen molar-refractivity contribution in [2.75, 3.05) is 5.32 Å². The molecular weight excluding hydrogens is 304 g/mol. The maximum Gasteiger partial charge on any atom is 0.269 e. The van der Waals surface area contributed by atoms with E-state index >= 15 is 0 Å². The highest BCUT2D eigenvalue weighted by atomic mass is 16.6. The van der Waals surface area contributed by atoms with Gasteiger partial charge in [0, 0.05) is 29.3 Å². The maximum absolute atomic E-state index is 12.9. The molecule has 2 aliphatic rings. The fraction of sp³-hybridized carbons (Fsp3) is 0.211. The number of hydrogen-bond acceptors (Lipinski definition) is 4. The van der Waals surface area contributed by atoms with E-state index in [2.05, 4.69) is 5.32 Å². The topological polar surface area (TPSA) is 72.2 Å². The average Bonchev–Trinajstić information content (AvgIpc) is 2.67. The summed E-state index contributed by atoms with van der Waals surface area (Å²) in [6.07, 6.45) is 3.70. The predicted octanol–water partition coefficient (Wildman–Crippen LogP) is 4.13. The van der Waals surface area contributed by atoms with E-state index in [0.717, 1.165) is 35.2 Å². The highest BCUT2D eigenvalue weighted by Gasteiger charge is 2.36. The van der Waals surface area contributed by atoms with Crippen LogP contribution in [0, 0.1) is 10.1 Å². The Balaban J connectivity index is 1.81. The number of carbonyl (C=O) groups excluding carboxylic acids is 1. The first-order valence-corrected chi connectivity index (χ1v) is 7.99. The van der Waals surface area contributed by atoms with Crippen LogP contribution in [0.4, 0.5) is 11.4 Å². The minimum Gasteiger partial charge on any atom is -0.374 e. The molecule has 5 heteroatoms. The van der Waals surface area contributed by atoms with Gasteiger partial charge in [-0.15, -0.1) is 0 Å². The van der Waals surface area contributed by atoms with Crippen LogP contribution in [0.2, 0.25) is 0 Å². The number of ketones is 1. The number of nitro benzene ring substituents is 1. The normalized spacial score (nSPS) is 22.0. The summed E-state index contributed by atoms with van der Waals surface area (Å²) in [6.45, 7) is 0. The number of allylic oxidation sites excluding steroid dienone is 1. The van der Waals surface area contributed by atoms with Crippen LogP contribution >= 0.6 is 0 Å². The van der Waals surface area contributed by atoms with E-state index in [1.807, 2.05) is 30.3 Å². The minimum atomic E-state index is -0.416. The molecule has 1 aliphatic carbocycles. The largest absolute Gasteiger partial charge is 0.374 e. The van der Waals surface area contributed by atoms with Gasteiger partial charge >= 0.3 is 0 Å². The number of nitro groups is 1. The zero-order valence-corrected chi connectivity index (χ0v) is 12.9. The highest BCUT2D eigenvalue weighted by molar-refractivity contribution is 6.04. The van der Waals surface area contributed by atoms with Gasteiger partial charge in [0.1, 0.15) is 0 Å². The van der Waals surface area contributed by atoms with Crippen molar-refractivity contribution in [1.82, 2.24) is 0 Å². The van der Waals surface area contributed by atoms with E-state index in [-0.39, 0.29) is 23.4 Å². The number of rotatable bonds is 2. The van der Waals surface area contributed by atoms with E-state index in [1.54, 1.807) is 12.1 Å². The number of nitrogens with one attached hydrogen (secondary N) is 1. The van der Waals surface area contributed by atoms with Crippen LogP contribution in [0.1, 0.15) is 35.9 Å². The van der Waals surface area contributed by atoms with Gasteiger partial charge in [0.15, 0.2) is 5.78 Å². The Hall–Kier alpha value is -2.95. The van der Waals surface area contributed by atoms with Crippen molar-refractivity contribution in [2.24, 2.45) is 0 Å². The van der Waals surface area contributed by atoms with Gasteiger partial charge in [0.25, 0.3) is 5.69 Å². The molecule has 24 heavy (non-hydrogen) atoms. The number of para-hydroxylation sites is 1. The molecule has 2 aromatic rings. The van der Waals surface area contributed by atoms with Gasteiger partial charge in [-0.2, -0.15) is 0 Å². The van der Waals surface area contributed by atoms with Gasteiger partial charge in [0.2, 0.25) is 0 Å². The second-order valence-electron chi connectivity index (χ2n) is 6.17. The Labute approximate surface area is 139 Å². The third-order valence-electron chi connectivity index (χ3n) is 4.80.